The van der Waals surface area contributed by atoms with Crippen molar-refractivity contribution in [2.24, 2.45) is 0 Å². The van der Waals surface area contributed by atoms with Crippen LogP contribution in [0.2, 0.25) is 0 Å². The number of likely N-dealkylation sites (N-methyl/N-ethyl adjacent to an activating group) is 1. The summed E-state index contributed by atoms with van der Waals surface area (Å²) in [5.74, 6) is -1.59. The Hall–Kier alpha value is -3.49. The molecule has 2 atom stereocenters. The Balaban J connectivity index is 4.42. The Bertz CT molecular complexity index is 1160. The molecule has 306 valence electrons. The second-order valence-corrected chi connectivity index (χ2v) is 14.5. The van der Waals surface area contributed by atoms with Crippen molar-refractivity contribution in [1.29, 1.82) is 0 Å². The molecule has 0 heterocycles. The van der Waals surface area contributed by atoms with Crippen molar-refractivity contribution in [3.63, 3.8) is 0 Å². The van der Waals surface area contributed by atoms with Gasteiger partial charge in [-0.1, -0.05) is 125 Å². The third-order valence-corrected chi connectivity index (χ3v) is 8.54. The van der Waals surface area contributed by atoms with Crippen LogP contribution in [0.15, 0.2) is 85.1 Å². The molecule has 0 fully saturated rings. The van der Waals surface area contributed by atoms with Gasteiger partial charge in [0.2, 0.25) is 0 Å². The summed E-state index contributed by atoms with van der Waals surface area (Å²) in [7, 11) is 5.48. The molecule has 8 nitrogen and oxygen atoms in total. The fourth-order valence-electron chi connectivity index (χ4n) is 5.34. The van der Waals surface area contributed by atoms with Gasteiger partial charge in [0, 0.05) is 19.3 Å². The number of allylic oxidation sites excluding steroid dienone is 14. The molecule has 54 heavy (non-hydrogen) atoms. The number of esters is 2. The zero-order chi connectivity index (χ0) is 40.0. The molecule has 0 saturated carbocycles. The minimum Gasteiger partial charge on any atom is -0.477 e. The number of ether oxygens (including phenoxy) is 3. The second kappa shape index (κ2) is 36.5. The van der Waals surface area contributed by atoms with E-state index in [1.807, 2.05) is 27.2 Å². The molecule has 0 aromatic heterocycles. The first-order valence-electron chi connectivity index (χ1n) is 20.6. The molecule has 0 saturated heterocycles. The molecule has 0 radical (unpaired) electrons. The van der Waals surface area contributed by atoms with Gasteiger partial charge in [-0.3, -0.25) is 9.59 Å². The summed E-state index contributed by atoms with van der Waals surface area (Å²) in [5, 5.41) is 9.58. The first kappa shape index (κ1) is 50.5. The molecule has 0 spiro atoms. The van der Waals surface area contributed by atoms with Crippen LogP contribution in [-0.4, -0.2) is 80.6 Å². The molecular formula is C46H76NO7+. The minimum absolute atomic E-state index is 0.0306. The lowest BCUT2D eigenvalue weighted by Gasteiger charge is -2.31. The summed E-state index contributed by atoms with van der Waals surface area (Å²) in [6, 6.07) is -0.628. The van der Waals surface area contributed by atoms with Crippen LogP contribution in [-0.2, 0) is 28.6 Å². The highest BCUT2D eigenvalue weighted by Gasteiger charge is 2.31. The first-order valence-corrected chi connectivity index (χ1v) is 20.6. The van der Waals surface area contributed by atoms with Crippen LogP contribution in [0.5, 0.6) is 0 Å². The van der Waals surface area contributed by atoms with E-state index in [4.69, 9.17) is 14.2 Å². The number of carbonyl (C=O) groups is 3. The molecule has 0 aliphatic carbocycles. The number of hydrogen-bond acceptors (Lipinski definition) is 6. The Morgan fingerprint density at radius 3 is 1.59 bits per heavy atom. The van der Waals surface area contributed by atoms with Crippen LogP contribution >= 0.6 is 0 Å². The Labute approximate surface area is 329 Å². The number of nitrogens with zero attached hydrogens (tertiary/aromatic N) is 1. The lowest BCUT2D eigenvalue weighted by atomic mass is 10.1. The summed E-state index contributed by atoms with van der Waals surface area (Å²) < 4.78 is 17.1. The number of hydrogen-bond donors (Lipinski definition) is 1. The molecule has 0 aliphatic heterocycles. The van der Waals surface area contributed by atoms with Gasteiger partial charge in [0.05, 0.1) is 34.4 Å². The quantitative estimate of drug-likeness (QED) is 0.0298. The largest absolute Gasteiger partial charge is 0.477 e. The van der Waals surface area contributed by atoms with Crippen LogP contribution in [0.25, 0.3) is 0 Å². The number of carbonyl (C=O) groups excluding carboxylic acids is 2. The van der Waals surface area contributed by atoms with Gasteiger partial charge in [-0.15, -0.1) is 0 Å². The predicted octanol–water partition coefficient (Wildman–Crippen LogP) is 11.0. The van der Waals surface area contributed by atoms with Gasteiger partial charge in [0.15, 0.2) is 12.1 Å². The van der Waals surface area contributed by atoms with Crippen molar-refractivity contribution in [2.45, 2.75) is 148 Å². The van der Waals surface area contributed by atoms with E-state index >= 15 is 0 Å². The lowest BCUT2D eigenvalue weighted by molar-refractivity contribution is -0.887. The third kappa shape index (κ3) is 34.3. The van der Waals surface area contributed by atoms with Gasteiger partial charge in [0.1, 0.15) is 6.61 Å². The van der Waals surface area contributed by atoms with E-state index in [0.717, 1.165) is 70.6 Å². The van der Waals surface area contributed by atoms with Crippen molar-refractivity contribution in [2.75, 3.05) is 41.0 Å². The summed E-state index contributed by atoms with van der Waals surface area (Å²) >= 11 is 0. The smallest absolute Gasteiger partial charge is 0.362 e. The zero-order valence-corrected chi connectivity index (χ0v) is 34.6. The number of quaternary nitrogens is 1. The Morgan fingerprint density at radius 1 is 0.574 bits per heavy atom. The number of rotatable bonds is 35. The molecule has 2 unspecified atom stereocenters. The topological polar surface area (TPSA) is 99.1 Å². The highest BCUT2D eigenvalue weighted by molar-refractivity contribution is 5.72. The fourth-order valence-corrected chi connectivity index (χ4v) is 5.34. The molecule has 0 aromatic rings. The normalized spacial score (nSPS) is 13.9. The monoisotopic (exact) mass is 755 g/mol. The van der Waals surface area contributed by atoms with Crippen molar-refractivity contribution >= 4 is 17.9 Å². The van der Waals surface area contributed by atoms with Crippen LogP contribution in [0.4, 0.5) is 0 Å². The molecule has 0 rings (SSSR count). The maximum absolute atomic E-state index is 12.7. The predicted molar refractivity (Wildman–Crippen MR) is 224 cm³/mol. The number of carboxylic acids is 1. The Kier molecular flexibility index (Phi) is 34.1. The molecule has 0 bridgehead atoms. The molecule has 0 aliphatic rings. The van der Waals surface area contributed by atoms with E-state index in [1.54, 1.807) is 0 Å². The first-order chi connectivity index (χ1) is 26.1. The second-order valence-electron chi connectivity index (χ2n) is 14.5. The van der Waals surface area contributed by atoms with Crippen molar-refractivity contribution in [3.05, 3.63) is 85.1 Å². The summed E-state index contributed by atoms with van der Waals surface area (Å²) in [6.45, 7) is 4.47. The van der Waals surface area contributed by atoms with Crippen molar-refractivity contribution in [3.8, 4) is 0 Å². The van der Waals surface area contributed by atoms with Crippen molar-refractivity contribution in [1.82, 2.24) is 0 Å². The van der Waals surface area contributed by atoms with E-state index in [2.05, 4.69) is 92.8 Å². The standard InChI is InChI=1S/C46H75NO7/c1-6-8-10-12-14-16-17-18-19-20-21-22-23-24-25-26-27-28-29-31-33-35-37-45(49)54-42(40-52-39-38-43(46(50)51)47(3,4)5)41-53-44(48)36-34-32-30-15-13-11-9-7-2/h8,10,14,16,18-19,21-22,24-25,27-28,30,32,42-43H,6-7,9,11-13,15,17,20,23,26,29,31,33-41H2,1-5H3/p+1/b10-8+,16-14+,19-18+,22-21+,25-24+,28-27+,32-30+. The number of unbranched alkanes of at least 4 members (excludes halogenated alkanes) is 7. The average molecular weight is 755 g/mol. The SMILES string of the molecule is CC/C=C/C/C=C/C/C=C/C/C=C/C/C=C/C/C=C/CCCCCC(=O)OC(COCCC(C(=O)O)[N+](C)(C)C)COC(=O)CC/C=C/CCCCCC. The highest BCUT2D eigenvalue weighted by atomic mass is 16.6. The minimum atomic E-state index is -0.890. The maximum atomic E-state index is 12.7. The van der Waals surface area contributed by atoms with Crippen LogP contribution in [0, 0.1) is 0 Å². The molecule has 1 N–H and O–H groups in total. The van der Waals surface area contributed by atoms with Gasteiger partial charge in [-0.2, -0.15) is 0 Å². The van der Waals surface area contributed by atoms with E-state index in [-0.39, 0.29) is 49.1 Å². The third-order valence-electron chi connectivity index (χ3n) is 8.54. The molecule has 8 heteroatoms. The number of carboxylic acid groups (broad SMARTS) is 1. The zero-order valence-electron chi connectivity index (χ0n) is 34.6. The summed E-state index contributed by atoms with van der Waals surface area (Å²) in [5.41, 5.74) is 0. The number of aliphatic carboxylic acids is 1. The fraction of sp³-hybridized carbons (Fsp3) is 0.630. The van der Waals surface area contributed by atoms with Gasteiger partial charge in [-0.05, 0) is 77.0 Å². The lowest BCUT2D eigenvalue weighted by Crippen LogP contribution is -2.50. The molecule has 0 amide bonds. The van der Waals surface area contributed by atoms with Gasteiger partial charge < -0.3 is 23.8 Å². The highest BCUT2D eigenvalue weighted by Crippen LogP contribution is 2.11. The van der Waals surface area contributed by atoms with E-state index in [0.29, 0.717) is 19.3 Å². The van der Waals surface area contributed by atoms with Crippen LogP contribution < -0.4 is 0 Å². The average Bonchev–Trinajstić information content (AvgIpc) is 3.12. The van der Waals surface area contributed by atoms with Gasteiger partial charge in [-0.25, -0.2) is 4.79 Å². The molecular weight excluding hydrogens is 679 g/mol. The van der Waals surface area contributed by atoms with Gasteiger partial charge >= 0.3 is 17.9 Å². The summed E-state index contributed by atoms with van der Waals surface area (Å²) in [6.07, 6.45) is 46.5. The van der Waals surface area contributed by atoms with Gasteiger partial charge in [0.25, 0.3) is 0 Å². The van der Waals surface area contributed by atoms with Crippen LogP contribution in [0.1, 0.15) is 136 Å². The van der Waals surface area contributed by atoms with Crippen LogP contribution in [0.3, 0.4) is 0 Å². The maximum Gasteiger partial charge on any atom is 0.362 e. The summed E-state index contributed by atoms with van der Waals surface area (Å²) in [4.78, 5) is 36.7. The Morgan fingerprint density at radius 2 is 1.07 bits per heavy atom. The van der Waals surface area contributed by atoms with E-state index in [1.165, 1.54) is 19.3 Å². The van der Waals surface area contributed by atoms with Crippen molar-refractivity contribution < 1.29 is 38.2 Å². The van der Waals surface area contributed by atoms with E-state index < -0.39 is 18.1 Å². The molecule has 0 aromatic carbocycles. The van der Waals surface area contributed by atoms with E-state index in [9.17, 15) is 19.5 Å².